The lowest BCUT2D eigenvalue weighted by Gasteiger charge is -2.06. The van der Waals surface area contributed by atoms with Crippen LogP contribution in [0.25, 0.3) is 5.69 Å². The molecule has 0 bridgehead atoms. The number of amides is 1. The predicted molar refractivity (Wildman–Crippen MR) is 76.8 cm³/mol. The Morgan fingerprint density at radius 3 is 2.85 bits per heavy atom. The molecule has 0 aliphatic carbocycles. The molecule has 0 aliphatic heterocycles. The van der Waals surface area contributed by atoms with Crippen LogP contribution in [0.5, 0.6) is 0 Å². The molecular formula is C14H18N4O2. The summed E-state index contributed by atoms with van der Waals surface area (Å²) in [7, 11) is 1.63. The van der Waals surface area contributed by atoms with Gasteiger partial charge in [-0.3, -0.25) is 4.79 Å². The number of carbonyl (C=O) groups excluding carboxylic acids is 1. The number of ether oxygens (including phenoxy) is 1. The topological polar surface area (TPSA) is 82.2 Å². The smallest absolute Gasteiger partial charge is 0.256 e. The Labute approximate surface area is 117 Å². The molecule has 0 fully saturated rings. The van der Waals surface area contributed by atoms with Crippen molar-refractivity contribution in [3.05, 3.63) is 42.1 Å². The van der Waals surface area contributed by atoms with Crippen LogP contribution in [0.2, 0.25) is 0 Å². The van der Waals surface area contributed by atoms with E-state index in [0.717, 1.165) is 12.1 Å². The van der Waals surface area contributed by atoms with Gasteiger partial charge >= 0.3 is 0 Å². The van der Waals surface area contributed by atoms with Gasteiger partial charge in [0, 0.05) is 20.3 Å². The average Bonchev–Trinajstić information content (AvgIpc) is 2.86. The lowest BCUT2D eigenvalue weighted by atomic mass is 10.3. The summed E-state index contributed by atoms with van der Waals surface area (Å²) in [6.45, 7) is 1.15. The highest BCUT2D eigenvalue weighted by Crippen LogP contribution is 2.16. The first-order valence-corrected chi connectivity index (χ1v) is 6.40. The predicted octanol–water partition coefficient (Wildman–Crippen LogP) is 1.22. The van der Waals surface area contributed by atoms with E-state index in [9.17, 15) is 4.79 Å². The van der Waals surface area contributed by atoms with E-state index >= 15 is 0 Å². The maximum atomic E-state index is 12.0. The van der Waals surface area contributed by atoms with Gasteiger partial charge in [0.05, 0.1) is 11.9 Å². The second-order valence-electron chi connectivity index (χ2n) is 4.29. The summed E-state index contributed by atoms with van der Waals surface area (Å²) >= 11 is 0. The zero-order chi connectivity index (χ0) is 14.4. The number of nitrogen functional groups attached to an aromatic ring is 1. The molecule has 1 aromatic heterocycles. The van der Waals surface area contributed by atoms with Gasteiger partial charge in [-0.15, -0.1) is 0 Å². The van der Waals surface area contributed by atoms with E-state index in [2.05, 4.69) is 10.4 Å². The van der Waals surface area contributed by atoms with Gasteiger partial charge in [0.1, 0.15) is 11.4 Å². The first-order chi connectivity index (χ1) is 9.74. The Kier molecular flexibility index (Phi) is 4.73. The number of benzene rings is 1. The molecule has 1 aromatic carbocycles. The average molecular weight is 274 g/mol. The third-order valence-corrected chi connectivity index (χ3v) is 2.86. The van der Waals surface area contributed by atoms with Gasteiger partial charge < -0.3 is 15.8 Å². The molecule has 0 aliphatic rings. The summed E-state index contributed by atoms with van der Waals surface area (Å²) in [5.41, 5.74) is 7.19. The van der Waals surface area contributed by atoms with Crippen LogP contribution < -0.4 is 11.1 Å². The molecule has 20 heavy (non-hydrogen) atoms. The van der Waals surface area contributed by atoms with Gasteiger partial charge in [0.15, 0.2) is 0 Å². The Hall–Kier alpha value is -2.34. The van der Waals surface area contributed by atoms with Crippen molar-refractivity contribution in [3.63, 3.8) is 0 Å². The van der Waals surface area contributed by atoms with Crippen molar-refractivity contribution in [2.45, 2.75) is 6.42 Å². The molecule has 0 radical (unpaired) electrons. The number of carbonyl (C=O) groups is 1. The van der Waals surface area contributed by atoms with Gasteiger partial charge in [-0.05, 0) is 18.6 Å². The zero-order valence-corrected chi connectivity index (χ0v) is 11.4. The van der Waals surface area contributed by atoms with Gasteiger partial charge in [0.25, 0.3) is 5.91 Å². The molecule has 1 heterocycles. The summed E-state index contributed by atoms with van der Waals surface area (Å²) in [6, 6.07) is 9.45. The maximum absolute atomic E-state index is 12.0. The van der Waals surface area contributed by atoms with Crippen LogP contribution in [0.15, 0.2) is 36.5 Å². The summed E-state index contributed by atoms with van der Waals surface area (Å²) < 4.78 is 6.47. The van der Waals surface area contributed by atoms with Crippen LogP contribution in [-0.2, 0) is 4.74 Å². The second kappa shape index (κ2) is 6.72. The Bertz CT molecular complexity index is 566. The summed E-state index contributed by atoms with van der Waals surface area (Å²) in [6.07, 6.45) is 2.24. The largest absolute Gasteiger partial charge is 0.385 e. The number of hydrogen-bond donors (Lipinski definition) is 2. The van der Waals surface area contributed by atoms with E-state index in [4.69, 9.17) is 10.5 Å². The lowest BCUT2D eigenvalue weighted by molar-refractivity contribution is 0.0949. The van der Waals surface area contributed by atoms with Gasteiger partial charge in [0.2, 0.25) is 0 Å². The second-order valence-corrected chi connectivity index (χ2v) is 4.29. The number of nitrogens with two attached hydrogens (primary N) is 1. The quantitative estimate of drug-likeness (QED) is 0.776. The Morgan fingerprint density at radius 1 is 1.40 bits per heavy atom. The fourth-order valence-corrected chi connectivity index (χ4v) is 1.82. The van der Waals surface area contributed by atoms with Crippen LogP contribution in [-0.4, -0.2) is 35.9 Å². The number of anilines is 1. The van der Waals surface area contributed by atoms with E-state index in [1.54, 1.807) is 11.8 Å². The highest BCUT2D eigenvalue weighted by atomic mass is 16.5. The molecule has 106 valence electrons. The molecular weight excluding hydrogens is 256 g/mol. The number of nitrogens with one attached hydrogen (secondary N) is 1. The van der Waals surface area contributed by atoms with Crippen molar-refractivity contribution in [1.82, 2.24) is 15.1 Å². The van der Waals surface area contributed by atoms with Crippen LogP contribution in [0.3, 0.4) is 0 Å². The summed E-state index contributed by atoms with van der Waals surface area (Å²) in [5, 5.41) is 6.94. The SMILES string of the molecule is COCCCNC(=O)c1cnn(-c2ccccc2)c1N. The van der Waals surface area contributed by atoms with Gasteiger partial charge in [-0.2, -0.15) is 5.10 Å². The van der Waals surface area contributed by atoms with Crippen molar-refractivity contribution in [3.8, 4) is 5.69 Å². The standard InChI is InChI=1S/C14H18N4O2/c1-20-9-5-8-16-14(19)12-10-17-18(13(12)15)11-6-3-2-4-7-11/h2-4,6-7,10H,5,8-9,15H2,1H3,(H,16,19). The number of hydrogen-bond acceptors (Lipinski definition) is 4. The fourth-order valence-electron chi connectivity index (χ4n) is 1.82. The van der Waals surface area contributed by atoms with Gasteiger partial charge in [-0.1, -0.05) is 18.2 Å². The maximum Gasteiger partial charge on any atom is 0.256 e. The molecule has 2 aromatic rings. The lowest BCUT2D eigenvalue weighted by Crippen LogP contribution is -2.25. The van der Waals surface area contributed by atoms with E-state index in [0.29, 0.717) is 24.5 Å². The Balaban J connectivity index is 2.07. The highest BCUT2D eigenvalue weighted by molar-refractivity contribution is 5.98. The van der Waals surface area contributed by atoms with E-state index in [-0.39, 0.29) is 5.91 Å². The third kappa shape index (κ3) is 3.16. The number of aromatic nitrogens is 2. The van der Waals surface area contributed by atoms with Crippen molar-refractivity contribution < 1.29 is 9.53 Å². The third-order valence-electron chi connectivity index (χ3n) is 2.86. The Morgan fingerprint density at radius 2 is 2.15 bits per heavy atom. The number of rotatable bonds is 6. The van der Waals surface area contributed by atoms with E-state index < -0.39 is 0 Å². The minimum atomic E-state index is -0.221. The van der Waals surface area contributed by atoms with Crippen LogP contribution in [0, 0.1) is 0 Å². The van der Waals surface area contributed by atoms with Crippen molar-refractivity contribution >= 4 is 11.7 Å². The monoisotopic (exact) mass is 274 g/mol. The van der Waals surface area contributed by atoms with Crippen LogP contribution in [0.4, 0.5) is 5.82 Å². The van der Waals surface area contributed by atoms with Crippen LogP contribution in [0.1, 0.15) is 16.8 Å². The van der Waals surface area contributed by atoms with E-state index in [1.165, 1.54) is 6.20 Å². The molecule has 2 rings (SSSR count). The van der Waals surface area contributed by atoms with Gasteiger partial charge in [-0.25, -0.2) is 4.68 Å². The number of para-hydroxylation sites is 1. The minimum absolute atomic E-state index is 0.221. The number of nitrogens with zero attached hydrogens (tertiary/aromatic N) is 2. The molecule has 0 spiro atoms. The van der Waals surface area contributed by atoms with Crippen molar-refractivity contribution in [2.24, 2.45) is 0 Å². The first-order valence-electron chi connectivity index (χ1n) is 6.40. The molecule has 6 heteroatoms. The molecule has 0 unspecified atom stereocenters. The zero-order valence-electron chi connectivity index (χ0n) is 11.4. The molecule has 3 N–H and O–H groups in total. The molecule has 6 nitrogen and oxygen atoms in total. The van der Waals surface area contributed by atoms with Crippen LogP contribution >= 0.6 is 0 Å². The van der Waals surface area contributed by atoms with E-state index in [1.807, 2.05) is 30.3 Å². The molecule has 0 saturated carbocycles. The molecule has 0 atom stereocenters. The first kappa shape index (κ1) is 14.1. The molecule has 0 saturated heterocycles. The number of methoxy groups -OCH3 is 1. The summed E-state index contributed by atoms with van der Waals surface area (Å²) in [5.74, 6) is 0.112. The minimum Gasteiger partial charge on any atom is -0.385 e. The highest BCUT2D eigenvalue weighted by Gasteiger charge is 2.15. The van der Waals surface area contributed by atoms with Crippen molar-refractivity contribution in [2.75, 3.05) is 26.0 Å². The fraction of sp³-hybridized carbons (Fsp3) is 0.286. The van der Waals surface area contributed by atoms with Crippen molar-refractivity contribution in [1.29, 1.82) is 0 Å². The molecule has 1 amide bonds. The normalized spacial score (nSPS) is 10.4. The summed E-state index contributed by atoms with van der Waals surface area (Å²) in [4.78, 5) is 12.0.